The molecule has 5 nitrogen and oxygen atoms in total. The number of hydrogen-bond acceptors (Lipinski definition) is 4. The molecule has 1 rings (SSSR count). The first-order valence-corrected chi connectivity index (χ1v) is 7.31. The van der Waals surface area contributed by atoms with E-state index in [1.807, 2.05) is 13.0 Å². The maximum absolute atomic E-state index is 11.8. The standard InChI is InChI=1S/C15H23ClN2O3/c1-4-18(2)15(19)11-21-14-6-5-13(16)9-12(14)10-17-7-8-20-3/h5-6,9,17H,4,7-8,10-11H2,1-3H3. The van der Waals surface area contributed by atoms with Crippen LogP contribution in [0.1, 0.15) is 12.5 Å². The van der Waals surface area contributed by atoms with Crippen molar-refractivity contribution in [2.45, 2.75) is 13.5 Å². The second kappa shape index (κ2) is 9.60. The summed E-state index contributed by atoms with van der Waals surface area (Å²) in [5.74, 6) is 0.618. The highest BCUT2D eigenvalue weighted by molar-refractivity contribution is 6.30. The minimum atomic E-state index is -0.0502. The lowest BCUT2D eigenvalue weighted by Crippen LogP contribution is -2.31. The van der Waals surface area contributed by atoms with Crippen molar-refractivity contribution in [2.24, 2.45) is 0 Å². The fraction of sp³-hybridized carbons (Fsp3) is 0.533. The number of ether oxygens (including phenoxy) is 2. The molecule has 0 aliphatic rings. The molecule has 0 unspecified atom stereocenters. The molecular formula is C15H23ClN2O3. The molecule has 1 aromatic rings. The monoisotopic (exact) mass is 314 g/mol. The maximum Gasteiger partial charge on any atom is 0.260 e. The topological polar surface area (TPSA) is 50.8 Å². The lowest BCUT2D eigenvalue weighted by atomic mass is 10.2. The number of halogens is 1. The molecule has 0 heterocycles. The second-order valence-corrected chi connectivity index (χ2v) is 5.05. The Morgan fingerprint density at radius 2 is 2.19 bits per heavy atom. The van der Waals surface area contributed by atoms with Gasteiger partial charge in [-0.05, 0) is 25.1 Å². The van der Waals surface area contributed by atoms with E-state index in [0.717, 1.165) is 12.1 Å². The van der Waals surface area contributed by atoms with Crippen molar-refractivity contribution in [3.8, 4) is 5.75 Å². The first-order valence-electron chi connectivity index (χ1n) is 6.93. The van der Waals surface area contributed by atoms with Crippen LogP contribution in [0.5, 0.6) is 5.75 Å². The van der Waals surface area contributed by atoms with Crippen LogP contribution in [0.25, 0.3) is 0 Å². The van der Waals surface area contributed by atoms with Crippen molar-refractivity contribution >= 4 is 17.5 Å². The fourth-order valence-electron chi connectivity index (χ4n) is 1.65. The van der Waals surface area contributed by atoms with Crippen molar-refractivity contribution in [2.75, 3.05) is 40.5 Å². The SMILES string of the molecule is CCN(C)C(=O)COc1ccc(Cl)cc1CNCCOC. The molecule has 0 saturated carbocycles. The number of rotatable bonds is 9. The Morgan fingerprint density at radius 3 is 2.86 bits per heavy atom. The van der Waals surface area contributed by atoms with Crippen LogP contribution in [0.15, 0.2) is 18.2 Å². The second-order valence-electron chi connectivity index (χ2n) is 4.62. The van der Waals surface area contributed by atoms with Crippen LogP contribution >= 0.6 is 11.6 Å². The highest BCUT2D eigenvalue weighted by Gasteiger charge is 2.10. The van der Waals surface area contributed by atoms with Gasteiger partial charge in [0.05, 0.1) is 6.61 Å². The number of carbonyl (C=O) groups excluding carboxylic acids is 1. The number of likely N-dealkylation sites (N-methyl/N-ethyl adjacent to an activating group) is 1. The van der Waals surface area contributed by atoms with E-state index in [1.165, 1.54) is 0 Å². The van der Waals surface area contributed by atoms with Crippen LogP contribution in [0, 0.1) is 0 Å². The van der Waals surface area contributed by atoms with Gasteiger partial charge in [0.25, 0.3) is 5.91 Å². The molecule has 1 aromatic carbocycles. The van der Waals surface area contributed by atoms with Gasteiger partial charge < -0.3 is 19.7 Å². The van der Waals surface area contributed by atoms with Crippen LogP contribution < -0.4 is 10.1 Å². The molecule has 0 aliphatic carbocycles. The zero-order valence-corrected chi connectivity index (χ0v) is 13.6. The largest absolute Gasteiger partial charge is 0.483 e. The highest BCUT2D eigenvalue weighted by atomic mass is 35.5. The molecule has 118 valence electrons. The molecule has 0 aromatic heterocycles. The van der Waals surface area contributed by atoms with Crippen molar-refractivity contribution < 1.29 is 14.3 Å². The Balaban J connectivity index is 2.61. The van der Waals surface area contributed by atoms with Gasteiger partial charge in [-0.1, -0.05) is 11.6 Å². The molecule has 0 fully saturated rings. The molecule has 6 heteroatoms. The van der Waals surface area contributed by atoms with E-state index in [4.69, 9.17) is 21.1 Å². The number of nitrogens with zero attached hydrogens (tertiary/aromatic N) is 1. The molecule has 0 saturated heterocycles. The summed E-state index contributed by atoms with van der Waals surface area (Å²) in [6, 6.07) is 5.38. The Labute approximate surface area is 131 Å². The predicted molar refractivity (Wildman–Crippen MR) is 83.8 cm³/mol. The van der Waals surface area contributed by atoms with E-state index >= 15 is 0 Å². The van der Waals surface area contributed by atoms with Gasteiger partial charge in [0.2, 0.25) is 0 Å². The summed E-state index contributed by atoms with van der Waals surface area (Å²) < 4.78 is 10.6. The lowest BCUT2D eigenvalue weighted by Gasteiger charge is -2.16. The van der Waals surface area contributed by atoms with Gasteiger partial charge in [-0.15, -0.1) is 0 Å². The zero-order valence-electron chi connectivity index (χ0n) is 12.8. The van der Waals surface area contributed by atoms with Gasteiger partial charge in [0, 0.05) is 44.4 Å². The summed E-state index contributed by atoms with van der Waals surface area (Å²) in [5.41, 5.74) is 0.922. The minimum absolute atomic E-state index is 0.0248. The molecule has 1 N–H and O–H groups in total. The first kappa shape index (κ1) is 17.8. The van der Waals surface area contributed by atoms with Gasteiger partial charge in [0.15, 0.2) is 6.61 Å². The number of carbonyl (C=O) groups is 1. The smallest absolute Gasteiger partial charge is 0.260 e. The molecule has 0 bridgehead atoms. The molecule has 21 heavy (non-hydrogen) atoms. The molecule has 0 atom stereocenters. The number of benzene rings is 1. The van der Waals surface area contributed by atoms with Gasteiger partial charge in [0.1, 0.15) is 5.75 Å². The van der Waals surface area contributed by atoms with Gasteiger partial charge in [-0.2, -0.15) is 0 Å². The van der Waals surface area contributed by atoms with Gasteiger partial charge in [-0.25, -0.2) is 0 Å². The van der Waals surface area contributed by atoms with Crippen LogP contribution in [0.3, 0.4) is 0 Å². The normalized spacial score (nSPS) is 10.5. The van der Waals surface area contributed by atoms with E-state index in [9.17, 15) is 4.79 Å². The van der Waals surface area contributed by atoms with Crippen LogP contribution in [-0.2, 0) is 16.1 Å². The zero-order chi connectivity index (χ0) is 15.7. The van der Waals surface area contributed by atoms with Gasteiger partial charge >= 0.3 is 0 Å². The van der Waals surface area contributed by atoms with Crippen LogP contribution in [-0.4, -0.2) is 51.3 Å². The quantitative estimate of drug-likeness (QED) is 0.708. The van der Waals surface area contributed by atoms with Crippen molar-refractivity contribution in [3.63, 3.8) is 0 Å². The maximum atomic E-state index is 11.8. The van der Waals surface area contributed by atoms with Gasteiger partial charge in [-0.3, -0.25) is 4.79 Å². The third kappa shape index (κ3) is 6.33. The number of methoxy groups -OCH3 is 1. The Kier molecular flexibility index (Phi) is 8.12. The lowest BCUT2D eigenvalue weighted by molar-refractivity contribution is -0.131. The third-order valence-electron chi connectivity index (χ3n) is 3.07. The number of hydrogen-bond donors (Lipinski definition) is 1. The van der Waals surface area contributed by atoms with E-state index in [2.05, 4.69) is 5.32 Å². The summed E-state index contributed by atoms with van der Waals surface area (Å²) in [6.45, 7) is 4.59. The molecule has 0 spiro atoms. The summed E-state index contributed by atoms with van der Waals surface area (Å²) >= 11 is 6.01. The summed E-state index contributed by atoms with van der Waals surface area (Å²) in [5, 5.41) is 3.87. The molecule has 0 radical (unpaired) electrons. The molecule has 0 aliphatic heterocycles. The van der Waals surface area contributed by atoms with E-state index in [-0.39, 0.29) is 12.5 Å². The Morgan fingerprint density at radius 1 is 1.43 bits per heavy atom. The Hall–Kier alpha value is -1.30. The predicted octanol–water partition coefficient (Wildman–Crippen LogP) is 1.93. The van der Waals surface area contributed by atoms with E-state index in [0.29, 0.717) is 30.5 Å². The average molecular weight is 315 g/mol. The van der Waals surface area contributed by atoms with Crippen molar-refractivity contribution in [1.29, 1.82) is 0 Å². The number of amides is 1. The molecular weight excluding hydrogens is 292 g/mol. The summed E-state index contributed by atoms with van der Waals surface area (Å²) in [4.78, 5) is 13.4. The Bertz CT molecular complexity index is 455. The van der Waals surface area contributed by atoms with Crippen LogP contribution in [0.2, 0.25) is 5.02 Å². The van der Waals surface area contributed by atoms with Crippen molar-refractivity contribution in [3.05, 3.63) is 28.8 Å². The summed E-state index contributed by atoms with van der Waals surface area (Å²) in [7, 11) is 3.41. The summed E-state index contributed by atoms with van der Waals surface area (Å²) in [6.07, 6.45) is 0. The van der Waals surface area contributed by atoms with Crippen molar-refractivity contribution in [1.82, 2.24) is 10.2 Å². The van der Waals surface area contributed by atoms with Crippen LogP contribution in [0.4, 0.5) is 0 Å². The van der Waals surface area contributed by atoms with E-state index < -0.39 is 0 Å². The minimum Gasteiger partial charge on any atom is -0.483 e. The fourth-order valence-corrected chi connectivity index (χ4v) is 1.85. The average Bonchev–Trinajstić information content (AvgIpc) is 2.49. The van der Waals surface area contributed by atoms with E-state index in [1.54, 1.807) is 31.2 Å². The first-order chi connectivity index (χ1) is 10.1. The number of nitrogens with one attached hydrogen (secondary N) is 1. The third-order valence-corrected chi connectivity index (χ3v) is 3.31. The molecule has 1 amide bonds. The highest BCUT2D eigenvalue weighted by Crippen LogP contribution is 2.22.